The number of rotatable bonds is 1. The maximum Gasteiger partial charge on any atom is 0.141 e. The number of pyridine rings is 1. The van der Waals surface area contributed by atoms with Gasteiger partial charge in [0.15, 0.2) is 0 Å². The van der Waals surface area contributed by atoms with E-state index in [4.69, 9.17) is 0 Å². The van der Waals surface area contributed by atoms with E-state index in [1.165, 1.54) is 12.3 Å². The highest BCUT2D eigenvalue weighted by molar-refractivity contribution is 6.08. The lowest BCUT2D eigenvalue weighted by Crippen LogP contribution is -2.15. The second kappa shape index (κ2) is 3.65. The Kier molecular flexibility index (Phi) is 2.33. The largest absolute Gasteiger partial charge is 0.337 e. The van der Waals surface area contributed by atoms with Crippen molar-refractivity contribution in [2.45, 2.75) is 0 Å². The number of nitrogens with zero attached hydrogens (tertiary/aromatic N) is 3. The van der Waals surface area contributed by atoms with Crippen molar-refractivity contribution in [1.82, 2.24) is 9.88 Å². The minimum Gasteiger partial charge on any atom is -0.337 e. The van der Waals surface area contributed by atoms with Gasteiger partial charge in [-0.15, -0.1) is 0 Å². The molecule has 0 atom stereocenters. The highest BCUT2D eigenvalue weighted by atomic mass is 19.1. The Morgan fingerprint density at radius 2 is 2.20 bits per heavy atom. The van der Waals surface area contributed by atoms with Crippen molar-refractivity contribution in [2.24, 2.45) is 4.99 Å². The van der Waals surface area contributed by atoms with E-state index >= 15 is 0 Å². The van der Waals surface area contributed by atoms with Crippen LogP contribution in [0.3, 0.4) is 0 Å². The molecule has 0 spiro atoms. The lowest BCUT2D eigenvalue weighted by molar-refractivity contribution is 0.560. The Morgan fingerprint density at radius 3 is 2.80 bits per heavy atom. The summed E-state index contributed by atoms with van der Waals surface area (Å²) >= 11 is 0. The molecule has 0 N–H and O–H groups in total. The molecule has 4 heteroatoms. The molecule has 0 saturated heterocycles. The zero-order chi connectivity index (χ0) is 10.8. The molecule has 1 aliphatic rings. The van der Waals surface area contributed by atoms with Gasteiger partial charge in [-0.25, -0.2) is 9.38 Å². The number of hydrogen-bond acceptors (Lipinski definition) is 3. The molecule has 0 amide bonds. The third kappa shape index (κ3) is 1.93. The van der Waals surface area contributed by atoms with Gasteiger partial charge in [-0.3, -0.25) is 4.98 Å². The predicted molar refractivity (Wildman–Crippen MR) is 56.8 cm³/mol. The minimum absolute atomic E-state index is 0.352. The molecule has 0 unspecified atom stereocenters. The fraction of sp³-hybridized carbons (Fsp3) is 0.0909. The first-order chi connectivity index (χ1) is 7.16. The van der Waals surface area contributed by atoms with Gasteiger partial charge in [0.2, 0.25) is 0 Å². The molecule has 2 heterocycles. The van der Waals surface area contributed by atoms with Gasteiger partial charge in [-0.05, 0) is 18.2 Å². The second-order valence-corrected chi connectivity index (χ2v) is 3.20. The Morgan fingerprint density at radius 1 is 1.40 bits per heavy atom. The molecule has 0 bridgehead atoms. The van der Waals surface area contributed by atoms with Crippen LogP contribution in [0.4, 0.5) is 4.39 Å². The molecule has 1 aliphatic heterocycles. The SMILES string of the molecule is C=C1N=C(c2ccc(F)cn2)C=CN1C. The fourth-order valence-corrected chi connectivity index (χ4v) is 1.19. The van der Waals surface area contributed by atoms with E-state index in [1.54, 1.807) is 11.0 Å². The molecule has 0 fully saturated rings. The second-order valence-electron chi connectivity index (χ2n) is 3.20. The summed E-state index contributed by atoms with van der Waals surface area (Å²) in [6.07, 6.45) is 4.83. The summed E-state index contributed by atoms with van der Waals surface area (Å²) in [5.41, 5.74) is 1.33. The molecule has 76 valence electrons. The Labute approximate surface area is 87.3 Å². The minimum atomic E-state index is -0.352. The van der Waals surface area contributed by atoms with E-state index in [9.17, 15) is 4.39 Å². The smallest absolute Gasteiger partial charge is 0.141 e. The topological polar surface area (TPSA) is 28.5 Å². The van der Waals surface area contributed by atoms with Crippen molar-refractivity contribution >= 4 is 5.71 Å². The molecule has 0 radical (unpaired) electrons. The Bertz CT molecular complexity index is 445. The number of allylic oxidation sites excluding steroid dienone is 1. The molecular weight excluding hydrogens is 193 g/mol. The lowest BCUT2D eigenvalue weighted by Gasteiger charge is -2.18. The molecule has 1 aromatic heterocycles. The highest BCUT2D eigenvalue weighted by Crippen LogP contribution is 2.11. The van der Waals surface area contributed by atoms with Crippen LogP contribution in [0.25, 0.3) is 0 Å². The van der Waals surface area contributed by atoms with Gasteiger partial charge in [0.05, 0.1) is 17.6 Å². The standard InChI is InChI=1S/C11H10FN3/c1-8-14-11(5-6-15(8)2)10-4-3-9(12)7-13-10/h3-7H,1H2,2H3. The Balaban J connectivity index is 2.33. The van der Waals surface area contributed by atoms with Gasteiger partial charge in [0, 0.05) is 13.2 Å². The van der Waals surface area contributed by atoms with E-state index in [0.29, 0.717) is 17.2 Å². The summed E-state index contributed by atoms with van der Waals surface area (Å²) in [6.45, 7) is 3.77. The van der Waals surface area contributed by atoms with Crippen molar-refractivity contribution < 1.29 is 4.39 Å². The van der Waals surface area contributed by atoms with Gasteiger partial charge in [-0.2, -0.15) is 0 Å². The van der Waals surface area contributed by atoms with Crippen LogP contribution in [0.15, 0.2) is 48.0 Å². The first kappa shape index (κ1) is 9.58. The van der Waals surface area contributed by atoms with Gasteiger partial charge >= 0.3 is 0 Å². The van der Waals surface area contributed by atoms with Crippen molar-refractivity contribution in [1.29, 1.82) is 0 Å². The van der Waals surface area contributed by atoms with E-state index in [-0.39, 0.29) is 5.82 Å². The predicted octanol–water partition coefficient (Wildman–Crippen LogP) is 1.94. The molecule has 15 heavy (non-hydrogen) atoms. The van der Waals surface area contributed by atoms with Gasteiger partial charge in [-0.1, -0.05) is 6.58 Å². The monoisotopic (exact) mass is 203 g/mol. The van der Waals surface area contributed by atoms with E-state index in [0.717, 1.165) is 0 Å². The maximum absolute atomic E-state index is 12.6. The molecule has 0 aliphatic carbocycles. The summed E-state index contributed by atoms with van der Waals surface area (Å²) in [5, 5.41) is 0. The van der Waals surface area contributed by atoms with Crippen molar-refractivity contribution in [3.05, 3.63) is 54.5 Å². The van der Waals surface area contributed by atoms with Crippen LogP contribution < -0.4 is 0 Å². The van der Waals surface area contributed by atoms with Crippen LogP contribution in [0, 0.1) is 5.82 Å². The summed E-state index contributed by atoms with van der Waals surface area (Å²) in [7, 11) is 1.86. The van der Waals surface area contributed by atoms with E-state index in [2.05, 4.69) is 16.6 Å². The van der Waals surface area contributed by atoms with Crippen molar-refractivity contribution in [2.75, 3.05) is 7.05 Å². The number of hydrogen-bond donors (Lipinski definition) is 0. The van der Waals surface area contributed by atoms with Gasteiger partial charge in [0.25, 0.3) is 0 Å². The normalized spacial score (nSPS) is 15.5. The van der Waals surface area contributed by atoms with Crippen LogP contribution in [0.1, 0.15) is 5.69 Å². The summed E-state index contributed by atoms with van der Waals surface area (Å²) in [5.74, 6) is 0.286. The first-order valence-corrected chi connectivity index (χ1v) is 4.47. The molecule has 1 aromatic rings. The van der Waals surface area contributed by atoms with Crippen LogP contribution >= 0.6 is 0 Å². The number of aromatic nitrogens is 1. The van der Waals surface area contributed by atoms with Crippen LogP contribution in [-0.4, -0.2) is 22.6 Å². The Hall–Kier alpha value is -1.97. The summed E-state index contributed by atoms with van der Waals surface area (Å²) in [6, 6.07) is 2.96. The zero-order valence-corrected chi connectivity index (χ0v) is 8.31. The summed E-state index contributed by atoms with van der Waals surface area (Å²) in [4.78, 5) is 9.98. The third-order valence-corrected chi connectivity index (χ3v) is 2.10. The molecule has 2 rings (SSSR count). The maximum atomic E-state index is 12.6. The van der Waals surface area contributed by atoms with Crippen molar-refractivity contribution in [3.63, 3.8) is 0 Å². The van der Waals surface area contributed by atoms with E-state index < -0.39 is 0 Å². The molecular formula is C11H10FN3. The summed E-state index contributed by atoms with van der Waals surface area (Å²) < 4.78 is 12.6. The zero-order valence-electron chi connectivity index (χ0n) is 8.31. The number of halogens is 1. The first-order valence-electron chi connectivity index (χ1n) is 4.47. The highest BCUT2D eigenvalue weighted by Gasteiger charge is 2.08. The van der Waals surface area contributed by atoms with E-state index in [1.807, 2.05) is 19.3 Å². The van der Waals surface area contributed by atoms with Gasteiger partial charge < -0.3 is 4.90 Å². The van der Waals surface area contributed by atoms with Crippen LogP contribution in [0.2, 0.25) is 0 Å². The molecule has 0 aromatic carbocycles. The quantitative estimate of drug-likeness (QED) is 0.697. The average Bonchev–Trinajstić information content (AvgIpc) is 2.23. The van der Waals surface area contributed by atoms with Gasteiger partial charge in [0.1, 0.15) is 11.6 Å². The van der Waals surface area contributed by atoms with Crippen LogP contribution in [0.5, 0.6) is 0 Å². The third-order valence-electron chi connectivity index (χ3n) is 2.10. The average molecular weight is 203 g/mol. The molecule has 3 nitrogen and oxygen atoms in total. The fourth-order valence-electron chi connectivity index (χ4n) is 1.19. The van der Waals surface area contributed by atoms with Crippen LogP contribution in [-0.2, 0) is 0 Å². The lowest BCUT2D eigenvalue weighted by atomic mass is 10.2. The molecule has 0 saturated carbocycles. The number of aliphatic imine (C=N–C) groups is 1. The van der Waals surface area contributed by atoms with Crippen molar-refractivity contribution in [3.8, 4) is 0 Å².